The number of nitrogens with one attached hydrogen (secondary N) is 1. The Labute approximate surface area is 106 Å². The van der Waals surface area contributed by atoms with Crippen LogP contribution in [0.25, 0.3) is 0 Å². The van der Waals surface area contributed by atoms with Crippen LogP contribution >= 0.6 is 0 Å². The van der Waals surface area contributed by atoms with Gasteiger partial charge in [-0.1, -0.05) is 27.7 Å². The van der Waals surface area contributed by atoms with E-state index in [1.807, 2.05) is 0 Å². The largest absolute Gasteiger partial charge is 0.382 e. The van der Waals surface area contributed by atoms with E-state index in [1.165, 1.54) is 0 Å². The van der Waals surface area contributed by atoms with Crippen molar-refractivity contribution in [2.75, 3.05) is 11.9 Å². The molecule has 18 heavy (non-hydrogen) atoms. The second-order valence-corrected chi connectivity index (χ2v) is 5.28. The van der Waals surface area contributed by atoms with Crippen molar-refractivity contribution in [3.63, 3.8) is 0 Å². The van der Waals surface area contributed by atoms with E-state index in [2.05, 4.69) is 33.0 Å². The Balaban J connectivity index is 2.76. The maximum absolute atomic E-state index is 13.4. The predicted octanol–water partition coefficient (Wildman–Crippen LogP) is 4.44. The highest BCUT2D eigenvalue weighted by Crippen LogP contribution is 2.23. The monoisotopic (exact) mass is 259 g/mol. The molecule has 0 aliphatic rings. The number of hydrogen-bond acceptors (Lipinski definition) is 1. The van der Waals surface area contributed by atoms with E-state index in [9.17, 15) is 13.2 Å². The maximum atomic E-state index is 13.4. The normalized spacial score (nSPS) is 11.7. The molecule has 102 valence electrons. The Morgan fingerprint density at radius 1 is 0.889 bits per heavy atom. The average molecular weight is 259 g/mol. The fourth-order valence-electron chi connectivity index (χ4n) is 2.13. The Kier molecular flexibility index (Phi) is 5.05. The second kappa shape index (κ2) is 6.12. The van der Waals surface area contributed by atoms with Crippen molar-refractivity contribution in [3.05, 3.63) is 29.6 Å². The summed E-state index contributed by atoms with van der Waals surface area (Å²) in [5.74, 6) is -1.75. The maximum Gasteiger partial charge on any atom is 0.161 e. The summed E-state index contributed by atoms with van der Waals surface area (Å²) >= 11 is 0. The van der Waals surface area contributed by atoms with Gasteiger partial charge in [-0.25, -0.2) is 13.2 Å². The molecule has 0 saturated heterocycles. The molecule has 0 saturated carbocycles. The molecule has 1 N–H and O–H groups in total. The van der Waals surface area contributed by atoms with E-state index >= 15 is 0 Å². The van der Waals surface area contributed by atoms with E-state index in [0.29, 0.717) is 30.4 Å². The van der Waals surface area contributed by atoms with Crippen molar-refractivity contribution in [2.24, 2.45) is 17.8 Å². The first-order valence-corrected chi connectivity index (χ1v) is 6.21. The average Bonchev–Trinajstić information content (AvgIpc) is 2.24. The predicted molar refractivity (Wildman–Crippen MR) is 68.0 cm³/mol. The van der Waals surface area contributed by atoms with Crippen LogP contribution in [-0.4, -0.2) is 6.54 Å². The van der Waals surface area contributed by atoms with Gasteiger partial charge in [0.15, 0.2) is 11.6 Å². The minimum Gasteiger partial charge on any atom is -0.382 e. The standard InChI is InChI=1S/C14H20F3N/c1-8(2)10(9(3)4)7-18-14-6-12(16)11(15)5-13(14)17/h5-6,8-10,18H,7H2,1-4H3. The van der Waals surface area contributed by atoms with Crippen molar-refractivity contribution in [1.29, 1.82) is 0 Å². The smallest absolute Gasteiger partial charge is 0.161 e. The Hall–Kier alpha value is -1.19. The van der Waals surface area contributed by atoms with Crippen molar-refractivity contribution in [3.8, 4) is 0 Å². The Morgan fingerprint density at radius 3 is 1.89 bits per heavy atom. The highest BCUT2D eigenvalue weighted by molar-refractivity contribution is 5.45. The van der Waals surface area contributed by atoms with Crippen LogP contribution in [-0.2, 0) is 0 Å². The lowest BCUT2D eigenvalue weighted by molar-refractivity contribution is 0.304. The first kappa shape index (κ1) is 14.9. The van der Waals surface area contributed by atoms with Gasteiger partial charge in [0, 0.05) is 18.7 Å². The zero-order valence-corrected chi connectivity index (χ0v) is 11.2. The van der Waals surface area contributed by atoms with Gasteiger partial charge in [-0.3, -0.25) is 0 Å². The van der Waals surface area contributed by atoms with E-state index in [1.54, 1.807) is 0 Å². The molecular weight excluding hydrogens is 239 g/mol. The van der Waals surface area contributed by atoms with Crippen LogP contribution < -0.4 is 5.32 Å². The Bertz CT molecular complexity index is 394. The van der Waals surface area contributed by atoms with Crippen LogP contribution in [0.15, 0.2) is 12.1 Å². The quantitative estimate of drug-likeness (QED) is 0.771. The zero-order chi connectivity index (χ0) is 13.9. The van der Waals surface area contributed by atoms with Crippen LogP contribution in [0.4, 0.5) is 18.9 Å². The summed E-state index contributed by atoms with van der Waals surface area (Å²) < 4.78 is 39.2. The lowest BCUT2D eigenvalue weighted by atomic mass is 9.85. The van der Waals surface area contributed by atoms with E-state index in [4.69, 9.17) is 0 Å². The molecule has 1 nitrogen and oxygen atoms in total. The number of hydrogen-bond donors (Lipinski definition) is 1. The first-order chi connectivity index (χ1) is 8.32. The van der Waals surface area contributed by atoms with Crippen LogP contribution in [0.2, 0.25) is 0 Å². The SMILES string of the molecule is CC(C)C(CNc1cc(F)c(F)cc1F)C(C)C. The van der Waals surface area contributed by atoms with Crippen LogP contribution in [0, 0.1) is 35.2 Å². The summed E-state index contributed by atoms with van der Waals surface area (Å²) in [6.45, 7) is 8.90. The molecular formula is C14H20F3N. The van der Waals surface area contributed by atoms with Gasteiger partial charge in [0.2, 0.25) is 0 Å². The molecule has 0 amide bonds. The highest BCUT2D eigenvalue weighted by Gasteiger charge is 2.18. The lowest BCUT2D eigenvalue weighted by Gasteiger charge is -2.25. The number of halogens is 3. The molecule has 0 aliphatic heterocycles. The first-order valence-electron chi connectivity index (χ1n) is 6.21. The minimum atomic E-state index is -1.16. The third kappa shape index (κ3) is 3.65. The molecule has 0 spiro atoms. The molecule has 1 aromatic rings. The van der Waals surface area contributed by atoms with Gasteiger partial charge in [0.1, 0.15) is 5.82 Å². The Morgan fingerprint density at radius 2 is 1.39 bits per heavy atom. The molecule has 0 heterocycles. The van der Waals surface area contributed by atoms with Crippen LogP contribution in [0.1, 0.15) is 27.7 Å². The third-order valence-electron chi connectivity index (χ3n) is 3.25. The third-order valence-corrected chi connectivity index (χ3v) is 3.25. The molecule has 0 aliphatic carbocycles. The zero-order valence-electron chi connectivity index (χ0n) is 11.2. The molecule has 0 atom stereocenters. The summed E-state index contributed by atoms with van der Waals surface area (Å²) in [6.07, 6.45) is 0. The molecule has 0 fully saturated rings. The van der Waals surface area contributed by atoms with Crippen LogP contribution in [0.5, 0.6) is 0 Å². The summed E-state index contributed by atoms with van der Waals surface area (Å²) in [6, 6.07) is 1.43. The number of benzene rings is 1. The van der Waals surface area contributed by atoms with Gasteiger partial charge in [0.05, 0.1) is 5.69 Å². The van der Waals surface area contributed by atoms with Gasteiger partial charge < -0.3 is 5.32 Å². The van der Waals surface area contributed by atoms with Gasteiger partial charge in [-0.05, 0) is 17.8 Å². The van der Waals surface area contributed by atoms with Crippen molar-refractivity contribution < 1.29 is 13.2 Å². The lowest BCUT2D eigenvalue weighted by Crippen LogP contribution is -2.24. The molecule has 1 aromatic carbocycles. The fraction of sp³-hybridized carbons (Fsp3) is 0.571. The van der Waals surface area contributed by atoms with Crippen LogP contribution in [0.3, 0.4) is 0 Å². The molecule has 0 aromatic heterocycles. The molecule has 0 unspecified atom stereocenters. The summed E-state index contributed by atoms with van der Waals surface area (Å²) in [5, 5.41) is 2.86. The molecule has 0 bridgehead atoms. The van der Waals surface area contributed by atoms with Gasteiger partial charge in [-0.2, -0.15) is 0 Å². The van der Waals surface area contributed by atoms with E-state index < -0.39 is 17.5 Å². The highest BCUT2D eigenvalue weighted by atomic mass is 19.2. The molecule has 4 heteroatoms. The number of anilines is 1. The fourth-order valence-corrected chi connectivity index (χ4v) is 2.13. The number of rotatable bonds is 5. The molecule has 1 rings (SSSR count). The van der Waals surface area contributed by atoms with Crippen molar-refractivity contribution >= 4 is 5.69 Å². The van der Waals surface area contributed by atoms with E-state index in [0.717, 1.165) is 6.07 Å². The summed E-state index contributed by atoms with van der Waals surface area (Å²) in [5.41, 5.74) is 0.0141. The van der Waals surface area contributed by atoms with Crippen molar-refractivity contribution in [2.45, 2.75) is 27.7 Å². The minimum absolute atomic E-state index is 0.0141. The summed E-state index contributed by atoms with van der Waals surface area (Å²) in [4.78, 5) is 0. The van der Waals surface area contributed by atoms with E-state index in [-0.39, 0.29) is 5.69 Å². The second-order valence-electron chi connectivity index (χ2n) is 5.28. The molecule has 0 radical (unpaired) electrons. The topological polar surface area (TPSA) is 12.0 Å². The van der Waals surface area contributed by atoms with Crippen molar-refractivity contribution in [1.82, 2.24) is 0 Å². The summed E-state index contributed by atoms with van der Waals surface area (Å²) in [7, 11) is 0. The van der Waals surface area contributed by atoms with Gasteiger partial charge in [-0.15, -0.1) is 0 Å². The van der Waals surface area contributed by atoms with Gasteiger partial charge in [0.25, 0.3) is 0 Å². The van der Waals surface area contributed by atoms with Gasteiger partial charge >= 0.3 is 0 Å².